The molecule has 0 amide bonds. The van der Waals surface area contributed by atoms with Gasteiger partial charge in [0, 0.05) is 6.61 Å². The quantitative estimate of drug-likeness (QED) is 0.0617. The maximum Gasteiger partial charge on any atom is 0.343 e. The van der Waals surface area contributed by atoms with Crippen LogP contribution in [0.4, 0.5) is 0 Å². The molecule has 3 rings (SSSR count). The number of unbranched alkanes of at least 4 members (excludes halogenated alkanes) is 13. The van der Waals surface area contributed by atoms with Crippen LogP contribution >= 0.6 is 0 Å². The second kappa shape index (κ2) is 21.6. The predicted octanol–water partition coefficient (Wildman–Crippen LogP) is 11.9. The number of hydrogen-bond donors (Lipinski definition) is 0. The Labute approximate surface area is 267 Å². The molecular formula is C40H56O4. The van der Waals surface area contributed by atoms with Gasteiger partial charge in [-0.3, -0.25) is 0 Å². The van der Waals surface area contributed by atoms with Crippen molar-refractivity contribution >= 4 is 5.97 Å². The Balaban J connectivity index is 1.30. The van der Waals surface area contributed by atoms with E-state index in [1.54, 1.807) is 6.07 Å². The van der Waals surface area contributed by atoms with E-state index in [0.29, 0.717) is 23.7 Å². The van der Waals surface area contributed by atoms with E-state index in [1.165, 1.54) is 89.0 Å². The summed E-state index contributed by atoms with van der Waals surface area (Å²) >= 11 is 0. The molecule has 0 saturated carbocycles. The van der Waals surface area contributed by atoms with Crippen molar-refractivity contribution < 1.29 is 19.0 Å². The Kier molecular flexibility index (Phi) is 17.3. The first-order valence-electron chi connectivity index (χ1n) is 17.4. The van der Waals surface area contributed by atoms with E-state index >= 15 is 0 Å². The number of para-hydroxylation sites is 2. The fourth-order valence-electron chi connectivity index (χ4n) is 5.42. The average molecular weight is 601 g/mol. The first kappa shape index (κ1) is 35.4. The molecule has 0 aromatic heterocycles. The van der Waals surface area contributed by atoms with Crippen molar-refractivity contribution in [2.24, 2.45) is 0 Å². The van der Waals surface area contributed by atoms with Crippen molar-refractivity contribution in [2.75, 3.05) is 13.2 Å². The third-order valence-corrected chi connectivity index (χ3v) is 8.21. The van der Waals surface area contributed by atoms with Gasteiger partial charge in [0.15, 0.2) is 11.5 Å². The first-order valence-corrected chi connectivity index (χ1v) is 17.4. The summed E-state index contributed by atoms with van der Waals surface area (Å²) < 4.78 is 17.5. The van der Waals surface area contributed by atoms with Crippen LogP contribution in [0.2, 0.25) is 0 Å². The molecule has 4 nitrogen and oxygen atoms in total. The molecule has 0 aliphatic heterocycles. The number of rotatable bonds is 23. The number of hydrogen-bond acceptors (Lipinski definition) is 4. The van der Waals surface area contributed by atoms with Gasteiger partial charge in [0.25, 0.3) is 0 Å². The summed E-state index contributed by atoms with van der Waals surface area (Å²) in [6, 6.07) is 23.3. The van der Waals surface area contributed by atoms with E-state index < -0.39 is 5.97 Å². The molecule has 0 N–H and O–H groups in total. The van der Waals surface area contributed by atoms with Crippen LogP contribution in [-0.4, -0.2) is 19.2 Å². The highest BCUT2D eigenvalue weighted by molar-refractivity contribution is 5.92. The van der Waals surface area contributed by atoms with E-state index in [1.807, 2.05) is 49.4 Å². The van der Waals surface area contributed by atoms with Crippen molar-refractivity contribution in [2.45, 2.75) is 123 Å². The van der Waals surface area contributed by atoms with Crippen molar-refractivity contribution in [3.8, 4) is 22.6 Å². The van der Waals surface area contributed by atoms with Crippen molar-refractivity contribution in [3.63, 3.8) is 0 Å². The lowest BCUT2D eigenvalue weighted by molar-refractivity contribution is 0.0627. The smallest absolute Gasteiger partial charge is 0.343 e. The summed E-state index contributed by atoms with van der Waals surface area (Å²) in [5.41, 5.74) is 3.84. The number of esters is 1. The van der Waals surface area contributed by atoms with Crippen molar-refractivity contribution in [3.05, 3.63) is 83.9 Å². The minimum Gasteiger partial charge on any atom is -0.490 e. The van der Waals surface area contributed by atoms with E-state index in [2.05, 4.69) is 38.1 Å². The van der Waals surface area contributed by atoms with Gasteiger partial charge in [-0.05, 0) is 60.7 Å². The van der Waals surface area contributed by atoms with Crippen LogP contribution in [0.5, 0.6) is 11.5 Å². The zero-order valence-corrected chi connectivity index (χ0v) is 27.7. The van der Waals surface area contributed by atoms with Gasteiger partial charge in [0.1, 0.15) is 0 Å². The Morgan fingerprint density at radius 3 is 1.61 bits per heavy atom. The number of benzene rings is 3. The van der Waals surface area contributed by atoms with Gasteiger partial charge in [0.05, 0.1) is 18.3 Å². The average Bonchev–Trinajstić information content (AvgIpc) is 3.06. The van der Waals surface area contributed by atoms with E-state index in [-0.39, 0.29) is 6.10 Å². The van der Waals surface area contributed by atoms with E-state index in [4.69, 9.17) is 14.2 Å². The lowest BCUT2D eigenvalue weighted by Crippen LogP contribution is -2.09. The number of carbonyl (C=O) groups excluding carboxylic acids is 1. The van der Waals surface area contributed by atoms with Crippen LogP contribution in [0.15, 0.2) is 72.8 Å². The molecule has 1 unspecified atom stereocenters. The molecule has 3 aromatic rings. The first-order chi connectivity index (χ1) is 21.6. The third-order valence-electron chi connectivity index (χ3n) is 8.21. The largest absolute Gasteiger partial charge is 0.490 e. The minimum absolute atomic E-state index is 0.0763. The molecule has 0 spiro atoms. The highest BCUT2D eigenvalue weighted by Gasteiger charge is 2.13. The molecular weight excluding hydrogens is 544 g/mol. The number of ether oxygens (including phenoxy) is 3. The summed E-state index contributed by atoms with van der Waals surface area (Å²) in [6.45, 7) is 7.84. The molecule has 3 aromatic carbocycles. The molecule has 44 heavy (non-hydrogen) atoms. The maximum absolute atomic E-state index is 12.8. The van der Waals surface area contributed by atoms with Crippen molar-refractivity contribution in [1.82, 2.24) is 0 Å². The molecule has 4 heteroatoms. The fraction of sp³-hybridized carbons (Fsp3) is 0.525. The van der Waals surface area contributed by atoms with Gasteiger partial charge < -0.3 is 14.2 Å². The summed E-state index contributed by atoms with van der Waals surface area (Å²) in [6.07, 6.45) is 20.1. The Hall–Kier alpha value is -3.11. The molecule has 1 atom stereocenters. The molecule has 0 radical (unpaired) electrons. The van der Waals surface area contributed by atoms with Crippen LogP contribution < -0.4 is 9.47 Å². The van der Waals surface area contributed by atoms with Gasteiger partial charge in [-0.1, -0.05) is 146 Å². The molecule has 0 aliphatic carbocycles. The molecule has 0 heterocycles. The topological polar surface area (TPSA) is 44.8 Å². The van der Waals surface area contributed by atoms with Gasteiger partial charge in [-0.25, -0.2) is 4.79 Å². The minimum atomic E-state index is -0.399. The van der Waals surface area contributed by atoms with Crippen molar-refractivity contribution in [1.29, 1.82) is 0 Å². The van der Waals surface area contributed by atoms with E-state index in [9.17, 15) is 4.79 Å². The summed E-state index contributed by atoms with van der Waals surface area (Å²) in [5.74, 6) is 0.618. The van der Waals surface area contributed by atoms with Crippen LogP contribution in [0, 0.1) is 0 Å². The van der Waals surface area contributed by atoms with Crippen LogP contribution in [0.25, 0.3) is 11.1 Å². The summed E-state index contributed by atoms with van der Waals surface area (Å²) in [4.78, 5) is 12.8. The molecule has 0 aliphatic rings. The molecule has 0 bridgehead atoms. The molecule has 0 saturated heterocycles. The monoisotopic (exact) mass is 600 g/mol. The third kappa shape index (κ3) is 13.3. The van der Waals surface area contributed by atoms with Gasteiger partial charge in [0.2, 0.25) is 0 Å². The zero-order chi connectivity index (χ0) is 31.2. The predicted molar refractivity (Wildman–Crippen MR) is 184 cm³/mol. The SMILES string of the molecule is CCCCCCCCCCCCCCCCOC(C)c1ccc(-c2ccc(C(=O)Oc3ccccc3OCCC)cc2)cc1. The standard InChI is InChI=1S/C40H56O4/c1-4-6-7-8-9-10-11-12-13-14-15-16-17-20-32-42-33(3)34-23-25-35(26-24-34)36-27-29-37(30-28-36)40(41)44-39-22-19-18-21-38(39)43-31-5-2/h18-19,21-30,33H,4-17,20,31-32H2,1-3H3. The fourth-order valence-corrected chi connectivity index (χ4v) is 5.42. The lowest BCUT2D eigenvalue weighted by atomic mass is 10.0. The second-order valence-corrected chi connectivity index (χ2v) is 12.0. The van der Waals surface area contributed by atoms with Gasteiger partial charge in [-0.2, -0.15) is 0 Å². The second-order valence-electron chi connectivity index (χ2n) is 12.0. The van der Waals surface area contributed by atoms with Crippen LogP contribution in [-0.2, 0) is 4.74 Å². The van der Waals surface area contributed by atoms with Gasteiger partial charge in [-0.15, -0.1) is 0 Å². The summed E-state index contributed by atoms with van der Waals surface area (Å²) in [5, 5.41) is 0. The Morgan fingerprint density at radius 2 is 1.07 bits per heavy atom. The highest BCUT2D eigenvalue weighted by Crippen LogP contribution is 2.28. The van der Waals surface area contributed by atoms with Gasteiger partial charge >= 0.3 is 5.97 Å². The zero-order valence-electron chi connectivity index (χ0n) is 27.7. The molecule has 0 fully saturated rings. The lowest BCUT2D eigenvalue weighted by Gasteiger charge is -2.14. The van der Waals surface area contributed by atoms with Crippen LogP contribution in [0.1, 0.15) is 139 Å². The Bertz CT molecular complexity index is 1170. The highest BCUT2D eigenvalue weighted by atomic mass is 16.6. The number of carbonyl (C=O) groups is 1. The normalized spacial score (nSPS) is 11.8. The Morgan fingerprint density at radius 1 is 0.568 bits per heavy atom. The van der Waals surface area contributed by atoms with E-state index in [0.717, 1.165) is 30.6 Å². The van der Waals surface area contributed by atoms with Crippen LogP contribution in [0.3, 0.4) is 0 Å². The summed E-state index contributed by atoms with van der Waals surface area (Å²) in [7, 11) is 0. The molecule has 240 valence electrons. The maximum atomic E-state index is 12.8.